The second-order valence-electron chi connectivity index (χ2n) is 9.15. The van der Waals surface area contributed by atoms with E-state index in [9.17, 15) is 9.59 Å². The average molecular weight is 386 g/mol. The molecule has 1 amide bonds. The Morgan fingerprint density at radius 1 is 1.36 bits per heavy atom. The lowest BCUT2D eigenvalue weighted by atomic mass is 9.94. The minimum absolute atomic E-state index is 0.0169. The van der Waals surface area contributed by atoms with Gasteiger partial charge < -0.3 is 14.5 Å². The Morgan fingerprint density at radius 3 is 2.89 bits per heavy atom. The first-order valence-corrected chi connectivity index (χ1v) is 10.3. The van der Waals surface area contributed by atoms with Gasteiger partial charge in [-0.25, -0.2) is 9.97 Å². The zero-order chi connectivity index (χ0) is 19.9. The van der Waals surface area contributed by atoms with Gasteiger partial charge in [-0.3, -0.25) is 9.59 Å². The second kappa shape index (κ2) is 7.43. The summed E-state index contributed by atoms with van der Waals surface area (Å²) in [6.45, 7) is 7.13. The number of likely N-dealkylation sites (N-methyl/N-ethyl adjacent to an activating group) is 1. The van der Waals surface area contributed by atoms with Crippen LogP contribution in [-0.4, -0.2) is 63.9 Å². The van der Waals surface area contributed by atoms with Crippen LogP contribution in [0.4, 0.5) is 0 Å². The first-order valence-electron chi connectivity index (χ1n) is 10.3. The van der Waals surface area contributed by atoms with Gasteiger partial charge in [0.15, 0.2) is 0 Å². The minimum atomic E-state index is -0.464. The van der Waals surface area contributed by atoms with Crippen molar-refractivity contribution in [2.24, 2.45) is 5.92 Å². The van der Waals surface area contributed by atoms with Gasteiger partial charge in [-0.1, -0.05) is 0 Å². The second-order valence-corrected chi connectivity index (χ2v) is 9.15. The van der Waals surface area contributed by atoms with Gasteiger partial charge in [-0.05, 0) is 40.3 Å². The Hall–Kier alpha value is -2.02. The van der Waals surface area contributed by atoms with Crippen LogP contribution in [0.5, 0.6) is 0 Å². The van der Waals surface area contributed by atoms with Crippen molar-refractivity contribution >= 4 is 11.9 Å². The molecule has 152 valence electrons. The maximum atomic E-state index is 12.7. The summed E-state index contributed by atoms with van der Waals surface area (Å²) >= 11 is 0. The van der Waals surface area contributed by atoms with Crippen molar-refractivity contribution in [1.29, 1.82) is 0 Å². The van der Waals surface area contributed by atoms with Crippen molar-refractivity contribution in [3.05, 3.63) is 23.3 Å². The summed E-state index contributed by atoms with van der Waals surface area (Å²) in [5, 5.41) is 0. The first-order chi connectivity index (χ1) is 13.3. The van der Waals surface area contributed by atoms with E-state index in [-0.39, 0.29) is 24.2 Å². The third-order valence-electron chi connectivity index (χ3n) is 6.16. The number of carbonyl (C=O) groups excluding carboxylic acids is 2. The molecule has 28 heavy (non-hydrogen) atoms. The Bertz CT molecular complexity index is 779. The summed E-state index contributed by atoms with van der Waals surface area (Å²) in [5.41, 5.74) is 1.64. The number of nitrogens with zero attached hydrogens (tertiary/aromatic N) is 4. The third-order valence-corrected chi connectivity index (χ3v) is 6.16. The van der Waals surface area contributed by atoms with Crippen LogP contribution < -0.4 is 0 Å². The number of piperidine rings is 1. The number of carbonyl (C=O) groups is 2. The monoisotopic (exact) mass is 386 g/mol. The van der Waals surface area contributed by atoms with Crippen LogP contribution in [0, 0.1) is 5.92 Å². The van der Waals surface area contributed by atoms with Crippen LogP contribution in [0.2, 0.25) is 0 Å². The number of rotatable bonds is 3. The number of amides is 1. The predicted octanol–water partition coefficient (Wildman–Crippen LogP) is 1.90. The molecule has 4 rings (SSSR count). The Labute approximate surface area is 166 Å². The van der Waals surface area contributed by atoms with Crippen molar-refractivity contribution in [2.45, 2.75) is 64.0 Å². The molecular weight excluding hydrogens is 356 g/mol. The standard InChI is InChI=1S/C21H30N4O3/c1-21(2)10-15(20(27)28-21)9-18(26)25-8-6-17-16(13-25)11-22-19(23-17)14-5-4-7-24(3)12-14/h11,14-15H,4-10,12-13H2,1-3H3/t14-,15-/m0/s1. The molecule has 0 N–H and O–H groups in total. The number of hydrogen-bond acceptors (Lipinski definition) is 6. The van der Waals surface area contributed by atoms with E-state index in [0.29, 0.717) is 25.4 Å². The average Bonchev–Trinajstić information content (AvgIpc) is 2.92. The summed E-state index contributed by atoms with van der Waals surface area (Å²) in [7, 11) is 2.15. The molecule has 2 atom stereocenters. The van der Waals surface area contributed by atoms with Crippen molar-refractivity contribution in [1.82, 2.24) is 19.8 Å². The summed E-state index contributed by atoms with van der Waals surface area (Å²) in [6, 6.07) is 0. The van der Waals surface area contributed by atoms with Gasteiger partial charge in [-0.15, -0.1) is 0 Å². The SMILES string of the molecule is CN1CCC[C@H](c2ncc3c(n2)CCN(C(=O)C[C@H]2CC(C)(C)OC2=O)C3)C1. The molecule has 2 fully saturated rings. The number of hydrogen-bond donors (Lipinski definition) is 0. The van der Waals surface area contributed by atoms with E-state index >= 15 is 0 Å². The van der Waals surface area contributed by atoms with Crippen molar-refractivity contribution in [3.63, 3.8) is 0 Å². The number of aromatic nitrogens is 2. The van der Waals surface area contributed by atoms with Crippen LogP contribution in [0.1, 0.15) is 62.5 Å². The molecule has 0 saturated carbocycles. The lowest BCUT2D eigenvalue weighted by molar-refractivity contribution is -0.150. The van der Waals surface area contributed by atoms with Gasteiger partial charge in [-0.2, -0.15) is 0 Å². The molecule has 3 aliphatic heterocycles. The zero-order valence-electron chi connectivity index (χ0n) is 17.1. The number of fused-ring (bicyclic) bond motifs is 1. The number of likely N-dealkylation sites (tertiary alicyclic amines) is 1. The van der Waals surface area contributed by atoms with Gasteiger partial charge in [0.05, 0.1) is 11.6 Å². The van der Waals surface area contributed by atoms with Crippen LogP contribution in [0.25, 0.3) is 0 Å². The Kier molecular flexibility index (Phi) is 5.12. The van der Waals surface area contributed by atoms with Crippen molar-refractivity contribution < 1.29 is 14.3 Å². The highest BCUT2D eigenvalue weighted by molar-refractivity contribution is 5.84. The van der Waals surface area contributed by atoms with Gasteiger partial charge in [0.1, 0.15) is 11.4 Å². The van der Waals surface area contributed by atoms with E-state index < -0.39 is 5.60 Å². The van der Waals surface area contributed by atoms with E-state index in [4.69, 9.17) is 9.72 Å². The molecular formula is C21H30N4O3. The molecule has 0 bridgehead atoms. The van der Waals surface area contributed by atoms with Crippen LogP contribution in [0.15, 0.2) is 6.20 Å². The van der Waals surface area contributed by atoms with Crippen molar-refractivity contribution in [3.8, 4) is 0 Å². The normalized spacial score (nSPS) is 27.4. The molecule has 2 saturated heterocycles. The Morgan fingerprint density at radius 2 is 2.18 bits per heavy atom. The minimum Gasteiger partial charge on any atom is -0.459 e. The fraction of sp³-hybridized carbons (Fsp3) is 0.714. The van der Waals surface area contributed by atoms with Crippen molar-refractivity contribution in [2.75, 3.05) is 26.7 Å². The van der Waals surface area contributed by atoms with Gasteiger partial charge in [0.2, 0.25) is 5.91 Å². The predicted molar refractivity (Wildman–Crippen MR) is 104 cm³/mol. The molecule has 0 aromatic carbocycles. The van der Waals surface area contributed by atoms with Crippen LogP contribution >= 0.6 is 0 Å². The van der Waals surface area contributed by atoms with Crippen LogP contribution in [-0.2, 0) is 27.3 Å². The first kappa shape index (κ1) is 19.3. The Balaban J connectivity index is 1.39. The molecule has 7 nitrogen and oxygen atoms in total. The summed E-state index contributed by atoms with van der Waals surface area (Å²) in [5.74, 6) is 0.789. The van der Waals surface area contributed by atoms with Gasteiger partial charge >= 0.3 is 5.97 Å². The summed E-state index contributed by atoms with van der Waals surface area (Å²) in [6.07, 6.45) is 5.81. The lowest BCUT2D eigenvalue weighted by Gasteiger charge is -2.31. The lowest BCUT2D eigenvalue weighted by Crippen LogP contribution is -2.38. The molecule has 3 aliphatic rings. The third kappa shape index (κ3) is 4.04. The number of esters is 1. The number of ether oxygens (including phenoxy) is 1. The molecule has 7 heteroatoms. The van der Waals surface area contributed by atoms with E-state index in [0.717, 1.165) is 43.0 Å². The van der Waals surface area contributed by atoms with Crippen LogP contribution in [0.3, 0.4) is 0 Å². The molecule has 0 spiro atoms. The van der Waals surface area contributed by atoms with E-state index in [1.807, 2.05) is 24.9 Å². The fourth-order valence-electron chi connectivity index (χ4n) is 4.69. The largest absolute Gasteiger partial charge is 0.459 e. The molecule has 0 radical (unpaired) electrons. The highest BCUT2D eigenvalue weighted by Crippen LogP contribution is 2.33. The van der Waals surface area contributed by atoms with Gasteiger partial charge in [0.25, 0.3) is 0 Å². The van der Waals surface area contributed by atoms with Gasteiger partial charge in [0, 0.05) is 56.6 Å². The topological polar surface area (TPSA) is 75.6 Å². The quantitative estimate of drug-likeness (QED) is 0.739. The smallest absolute Gasteiger partial charge is 0.310 e. The maximum absolute atomic E-state index is 12.7. The maximum Gasteiger partial charge on any atom is 0.310 e. The molecule has 1 aromatic heterocycles. The van der Waals surface area contributed by atoms with E-state index in [1.54, 1.807) is 0 Å². The van der Waals surface area contributed by atoms with E-state index in [2.05, 4.69) is 16.9 Å². The highest BCUT2D eigenvalue weighted by atomic mass is 16.6. The molecule has 0 aliphatic carbocycles. The highest BCUT2D eigenvalue weighted by Gasteiger charge is 2.41. The summed E-state index contributed by atoms with van der Waals surface area (Å²) in [4.78, 5) is 38.4. The zero-order valence-corrected chi connectivity index (χ0v) is 17.1. The molecule has 0 unspecified atom stereocenters. The molecule has 1 aromatic rings. The summed E-state index contributed by atoms with van der Waals surface area (Å²) < 4.78 is 5.35. The number of cyclic esters (lactones) is 1. The fourth-order valence-corrected chi connectivity index (χ4v) is 4.69. The molecule has 4 heterocycles. The van der Waals surface area contributed by atoms with E-state index in [1.165, 1.54) is 6.42 Å².